The van der Waals surface area contributed by atoms with Crippen LogP contribution in [0.2, 0.25) is 0 Å². The van der Waals surface area contributed by atoms with Gasteiger partial charge in [-0.1, -0.05) is 0 Å². The van der Waals surface area contributed by atoms with Crippen molar-refractivity contribution in [1.29, 1.82) is 0 Å². The van der Waals surface area contributed by atoms with Crippen molar-refractivity contribution in [2.45, 2.75) is 39.8 Å². The van der Waals surface area contributed by atoms with Gasteiger partial charge in [-0.25, -0.2) is 9.97 Å². The topological polar surface area (TPSA) is 92.7 Å². The van der Waals surface area contributed by atoms with Crippen LogP contribution < -0.4 is 15.8 Å². The summed E-state index contributed by atoms with van der Waals surface area (Å²) in [4.78, 5) is 24.3. The molecule has 1 aliphatic rings. The fraction of sp³-hybridized carbons (Fsp3) is 0.381. The Morgan fingerprint density at radius 1 is 1.00 bits per heavy atom. The third kappa shape index (κ3) is 3.21. The maximum absolute atomic E-state index is 13.0. The van der Waals surface area contributed by atoms with Gasteiger partial charge in [-0.3, -0.25) is 9.20 Å². The molecular weight excluding hydrogens is 380 g/mol. The van der Waals surface area contributed by atoms with Gasteiger partial charge in [0.25, 0.3) is 5.56 Å². The molecule has 4 aromatic heterocycles. The molecule has 1 fully saturated rings. The highest BCUT2D eigenvalue weighted by molar-refractivity contribution is 5.63. The minimum atomic E-state index is -0.132. The number of rotatable bonds is 2. The van der Waals surface area contributed by atoms with Gasteiger partial charge >= 0.3 is 0 Å². The Morgan fingerprint density at radius 2 is 1.77 bits per heavy atom. The predicted molar refractivity (Wildman–Crippen MR) is 115 cm³/mol. The molecule has 0 saturated carbocycles. The molecule has 0 amide bonds. The molecule has 0 aromatic carbocycles. The lowest BCUT2D eigenvalue weighted by molar-refractivity contribution is 0.406. The molecule has 9 heteroatoms. The monoisotopic (exact) mass is 404 g/mol. The van der Waals surface area contributed by atoms with Gasteiger partial charge < -0.3 is 10.2 Å². The van der Waals surface area contributed by atoms with E-state index in [0.29, 0.717) is 40.6 Å². The van der Waals surface area contributed by atoms with Crippen LogP contribution in [0.3, 0.4) is 0 Å². The number of aromatic nitrogens is 6. The Labute approximate surface area is 173 Å². The third-order valence-corrected chi connectivity index (χ3v) is 5.43. The molecule has 5 rings (SSSR count). The Bertz CT molecular complexity index is 1310. The number of hydrogen-bond donors (Lipinski definition) is 1. The van der Waals surface area contributed by atoms with Crippen molar-refractivity contribution in [3.63, 3.8) is 0 Å². The van der Waals surface area contributed by atoms with E-state index in [-0.39, 0.29) is 5.56 Å². The van der Waals surface area contributed by atoms with Crippen molar-refractivity contribution in [3.8, 4) is 11.4 Å². The molecular formula is C21H24N8O. The summed E-state index contributed by atoms with van der Waals surface area (Å²) in [7, 11) is 0. The van der Waals surface area contributed by atoms with Crippen LogP contribution in [0.4, 0.5) is 5.69 Å². The molecule has 1 aliphatic heterocycles. The lowest BCUT2D eigenvalue weighted by Crippen LogP contribution is -2.54. The molecule has 9 nitrogen and oxygen atoms in total. The smallest absolute Gasteiger partial charge is 0.258 e. The second kappa shape index (κ2) is 6.88. The summed E-state index contributed by atoms with van der Waals surface area (Å²) >= 11 is 0. The first kappa shape index (κ1) is 18.7. The quantitative estimate of drug-likeness (QED) is 0.542. The molecule has 0 radical (unpaired) electrons. The van der Waals surface area contributed by atoms with Crippen LogP contribution in [0.5, 0.6) is 0 Å². The fourth-order valence-corrected chi connectivity index (χ4v) is 4.22. The zero-order valence-corrected chi connectivity index (χ0v) is 17.5. The summed E-state index contributed by atoms with van der Waals surface area (Å²) in [6, 6.07) is 8.06. The molecule has 5 heterocycles. The number of nitrogens with one attached hydrogen (secondary N) is 1. The van der Waals surface area contributed by atoms with Crippen molar-refractivity contribution in [2.24, 2.45) is 0 Å². The normalized spacial score (nSPS) is 19.7. The van der Waals surface area contributed by atoms with Crippen LogP contribution in [-0.4, -0.2) is 54.4 Å². The van der Waals surface area contributed by atoms with Crippen LogP contribution in [-0.2, 0) is 0 Å². The molecule has 1 saturated heterocycles. The van der Waals surface area contributed by atoms with Crippen molar-refractivity contribution in [1.82, 2.24) is 34.5 Å². The summed E-state index contributed by atoms with van der Waals surface area (Å²) in [5.41, 5.74) is 4.25. The molecule has 0 aliphatic carbocycles. The van der Waals surface area contributed by atoms with Crippen molar-refractivity contribution in [3.05, 3.63) is 52.2 Å². The van der Waals surface area contributed by atoms with Gasteiger partial charge in [-0.15, -0.1) is 14.8 Å². The van der Waals surface area contributed by atoms with E-state index >= 15 is 0 Å². The average molecular weight is 404 g/mol. The summed E-state index contributed by atoms with van der Waals surface area (Å²) in [6.45, 7) is 9.96. The van der Waals surface area contributed by atoms with Gasteiger partial charge in [0.1, 0.15) is 17.2 Å². The van der Waals surface area contributed by atoms with Crippen LogP contribution in [0.25, 0.3) is 22.7 Å². The van der Waals surface area contributed by atoms with Crippen LogP contribution in [0.15, 0.2) is 35.3 Å². The van der Waals surface area contributed by atoms with E-state index in [1.165, 1.54) is 10.7 Å². The zero-order valence-electron chi connectivity index (χ0n) is 17.5. The number of anilines is 1. The number of hydrogen-bond acceptors (Lipinski definition) is 7. The van der Waals surface area contributed by atoms with Crippen molar-refractivity contribution < 1.29 is 0 Å². The van der Waals surface area contributed by atoms with E-state index < -0.39 is 0 Å². The van der Waals surface area contributed by atoms with E-state index in [2.05, 4.69) is 45.3 Å². The fourth-order valence-electron chi connectivity index (χ4n) is 4.22. The van der Waals surface area contributed by atoms with Crippen molar-refractivity contribution >= 4 is 17.0 Å². The molecule has 154 valence electrons. The zero-order chi connectivity index (χ0) is 21.0. The van der Waals surface area contributed by atoms with E-state index in [0.717, 1.165) is 24.3 Å². The Morgan fingerprint density at radius 3 is 2.53 bits per heavy atom. The van der Waals surface area contributed by atoms with Crippen molar-refractivity contribution in [2.75, 3.05) is 18.0 Å². The SMILES string of the molecule is Cc1nc2ccc(-c3cc(=O)n4cc(N5C[C@@H](C)N[C@@H](C)C5)cc(C)c4n3)nn2n1. The van der Waals surface area contributed by atoms with Crippen LogP contribution >= 0.6 is 0 Å². The minimum absolute atomic E-state index is 0.132. The highest BCUT2D eigenvalue weighted by atomic mass is 16.1. The number of pyridine rings is 1. The number of piperazine rings is 1. The lowest BCUT2D eigenvalue weighted by atomic mass is 10.1. The summed E-state index contributed by atoms with van der Waals surface area (Å²) in [5, 5.41) is 12.3. The van der Waals surface area contributed by atoms with E-state index in [9.17, 15) is 4.79 Å². The van der Waals surface area contributed by atoms with E-state index in [4.69, 9.17) is 4.98 Å². The summed E-state index contributed by atoms with van der Waals surface area (Å²) in [5.74, 6) is 0.645. The second-order valence-corrected chi connectivity index (χ2v) is 8.15. The summed E-state index contributed by atoms with van der Waals surface area (Å²) in [6.07, 6.45) is 1.89. The van der Waals surface area contributed by atoms with Gasteiger partial charge in [0.2, 0.25) is 0 Å². The lowest BCUT2D eigenvalue weighted by Gasteiger charge is -2.37. The van der Waals surface area contributed by atoms with E-state index in [1.54, 1.807) is 4.40 Å². The number of fused-ring (bicyclic) bond motifs is 2. The molecule has 0 bridgehead atoms. The minimum Gasteiger partial charge on any atom is -0.367 e. The third-order valence-electron chi connectivity index (χ3n) is 5.43. The van der Waals surface area contributed by atoms with Gasteiger partial charge in [0.05, 0.1) is 11.4 Å². The molecule has 0 unspecified atom stereocenters. The highest BCUT2D eigenvalue weighted by Gasteiger charge is 2.22. The number of aryl methyl sites for hydroxylation is 2. The molecule has 0 spiro atoms. The maximum Gasteiger partial charge on any atom is 0.258 e. The Balaban J connectivity index is 1.60. The highest BCUT2D eigenvalue weighted by Crippen LogP contribution is 2.22. The van der Waals surface area contributed by atoms with E-state index in [1.807, 2.05) is 32.2 Å². The Kier molecular flexibility index (Phi) is 4.28. The van der Waals surface area contributed by atoms with Crippen LogP contribution in [0, 0.1) is 13.8 Å². The first-order valence-electron chi connectivity index (χ1n) is 10.1. The largest absolute Gasteiger partial charge is 0.367 e. The molecule has 4 aromatic rings. The predicted octanol–water partition coefficient (Wildman–Crippen LogP) is 1.60. The number of nitrogens with zero attached hydrogens (tertiary/aromatic N) is 7. The van der Waals surface area contributed by atoms with Gasteiger partial charge in [-0.2, -0.15) is 0 Å². The molecule has 2 atom stereocenters. The van der Waals surface area contributed by atoms with Gasteiger partial charge in [0, 0.05) is 37.4 Å². The first-order chi connectivity index (χ1) is 14.4. The average Bonchev–Trinajstić information content (AvgIpc) is 3.06. The Hall–Kier alpha value is -3.33. The molecule has 1 N–H and O–H groups in total. The maximum atomic E-state index is 13.0. The molecule has 30 heavy (non-hydrogen) atoms. The van der Waals surface area contributed by atoms with Gasteiger partial charge in [0.15, 0.2) is 5.65 Å². The first-order valence-corrected chi connectivity index (χ1v) is 10.1. The van der Waals surface area contributed by atoms with Crippen LogP contribution in [0.1, 0.15) is 25.2 Å². The summed E-state index contributed by atoms with van der Waals surface area (Å²) < 4.78 is 3.10. The van der Waals surface area contributed by atoms with Gasteiger partial charge in [-0.05, 0) is 51.5 Å². The standard InChI is InChI=1S/C21H24N8O/c1-12-7-16(27-9-13(2)22-14(3)10-27)11-28-20(30)8-18(24-21(12)28)17-5-6-19-23-15(4)25-29(19)26-17/h5-8,11,13-14,22H,9-10H2,1-4H3/t13-,14+. The second-order valence-electron chi connectivity index (χ2n) is 8.15.